The molecule has 0 bridgehead atoms. The van der Waals surface area contributed by atoms with Crippen molar-refractivity contribution in [3.8, 4) is 0 Å². The summed E-state index contributed by atoms with van der Waals surface area (Å²) in [6, 6.07) is 1.89. The van der Waals surface area contributed by atoms with Crippen LogP contribution in [-0.2, 0) is 12.0 Å². The van der Waals surface area contributed by atoms with Crippen LogP contribution in [0, 0.1) is 0 Å². The molecule has 0 amide bonds. The number of aromatic nitrogens is 4. The predicted molar refractivity (Wildman–Crippen MR) is 81.1 cm³/mol. The van der Waals surface area contributed by atoms with Gasteiger partial charge >= 0.3 is 0 Å². The standard InChI is InChI=1S/C14H22N6O/c1-5-6-15-10-7-11(16-8-12-17-9-21-20-12)19-13(18-10)14(2,3)4/h7,9H,5-6,8H2,1-4H3,(H2,15,16,18,19). The Hall–Kier alpha value is -2.18. The van der Waals surface area contributed by atoms with Gasteiger partial charge in [-0.3, -0.25) is 0 Å². The number of anilines is 2. The minimum atomic E-state index is -0.119. The minimum absolute atomic E-state index is 0.119. The molecule has 0 saturated heterocycles. The zero-order chi connectivity index (χ0) is 15.3. The van der Waals surface area contributed by atoms with E-state index >= 15 is 0 Å². The molecule has 2 aromatic rings. The van der Waals surface area contributed by atoms with Gasteiger partial charge in [0.15, 0.2) is 5.82 Å². The van der Waals surface area contributed by atoms with Crippen molar-refractivity contribution in [2.75, 3.05) is 17.2 Å². The van der Waals surface area contributed by atoms with Gasteiger partial charge in [-0.1, -0.05) is 32.9 Å². The Balaban J connectivity index is 2.17. The van der Waals surface area contributed by atoms with Crippen LogP contribution in [0.2, 0.25) is 0 Å². The predicted octanol–water partition coefficient (Wildman–Crippen LogP) is 2.59. The lowest BCUT2D eigenvalue weighted by Crippen LogP contribution is -2.19. The fourth-order valence-electron chi connectivity index (χ4n) is 1.66. The van der Waals surface area contributed by atoms with Crippen LogP contribution in [-0.4, -0.2) is 26.7 Å². The van der Waals surface area contributed by atoms with Crippen molar-refractivity contribution >= 4 is 11.6 Å². The fraction of sp³-hybridized carbons (Fsp3) is 0.571. The molecule has 0 spiro atoms. The second-order valence-corrected chi connectivity index (χ2v) is 5.84. The molecule has 0 unspecified atom stereocenters. The summed E-state index contributed by atoms with van der Waals surface area (Å²) in [7, 11) is 0. The van der Waals surface area contributed by atoms with Crippen LogP contribution in [0.4, 0.5) is 11.6 Å². The van der Waals surface area contributed by atoms with Gasteiger partial charge in [0.2, 0.25) is 6.39 Å². The van der Waals surface area contributed by atoms with Crippen molar-refractivity contribution in [2.24, 2.45) is 0 Å². The number of nitrogens with zero attached hydrogens (tertiary/aromatic N) is 4. The fourth-order valence-corrected chi connectivity index (χ4v) is 1.66. The highest BCUT2D eigenvalue weighted by atomic mass is 16.5. The Morgan fingerprint density at radius 2 is 1.86 bits per heavy atom. The molecule has 114 valence electrons. The molecule has 21 heavy (non-hydrogen) atoms. The van der Waals surface area contributed by atoms with E-state index in [1.165, 1.54) is 6.39 Å². The molecule has 2 rings (SSSR count). The summed E-state index contributed by atoms with van der Waals surface area (Å²) in [5.74, 6) is 2.96. The van der Waals surface area contributed by atoms with Gasteiger partial charge in [-0.2, -0.15) is 4.98 Å². The zero-order valence-corrected chi connectivity index (χ0v) is 13.0. The van der Waals surface area contributed by atoms with Crippen molar-refractivity contribution in [2.45, 2.75) is 46.1 Å². The SMILES string of the molecule is CCCNc1cc(NCc2ncon2)nc(C(C)(C)C)n1. The summed E-state index contributed by atoms with van der Waals surface area (Å²) < 4.78 is 4.71. The van der Waals surface area contributed by atoms with Crippen LogP contribution in [0.15, 0.2) is 17.0 Å². The van der Waals surface area contributed by atoms with E-state index in [4.69, 9.17) is 4.52 Å². The molecule has 0 aliphatic carbocycles. The van der Waals surface area contributed by atoms with Crippen LogP contribution < -0.4 is 10.6 Å². The Bertz CT molecular complexity index is 561. The molecule has 0 saturated carbocycles. The largest absolute Gasteiger partial charge is 0.370 e. The maximum absolute atomic E-state index is 4.71. The zero-order valence-electron chi connectivity index (χ0n) is 13.0. The molecule has 0 radical (unpaired) electrons. The smallest absolute Gasteiger partial charge is 0.213 e. The minimum Gasteiger partial charge on any atom is -0.370 e. The van der Waals surface area contributed by atoms with Crippen molar-refractivity contribution in [1.82, 2.24) is 20.1 Å². The number of nitrogens with one attached hydrogen (secondary N) is 2. The molecule has 0 aliphatic heterocycles. The highest BCUT2D eigenvalue weighted by Crippen LogP contribution is 2.22. The summed E-state index contributed by atoms with van der Waals surface area (Å²) in [6.07, 6.45) is 2.35. The summed E-state index contributed by atoms with van der Waals surface area (Å²) in [4.78, 5) is 13.1. The van der Waals surface area contributed by atoms with Crippen LogP contribution >= 0.6 is 0 Å². The normalized spacial score (nSPS) is 11.4. The van der Waals surface area contributed by atoms with Crippen LogP contribution in [0.3, 0.4) is 0 Å². The highest BCUT2D eigenvalue weighted by molar-refractivity contribution is 5.48. The first-order valence-electron chi connectivity index (χ1n) is 7.11. The van der Waals surface area contributed by atoms with Gasteiger partial charge in [0, 0.05) is 18.0 Å². The molecule has 2 aromatic heterocycles. The molecule has 2 N–H and O–H groups in total. The van der Waals surface area contributed by atoms with E-state index in [9.17, 15) is 0 Å². The third-order valence-corrected chi connectivity index (χ3v) is 2.79. The summed E-state index contributed by atoms with van der Waals surface area (Å²) in [5, 5.41) is 10.3. The van der Waals surface area contributed by atoms with Crippen molar-refractivity contribution in [3.63, 3.8) is 0 Å². The number of hydrogen-bond acceptors (Lipinski definition) is 7. The molecular weight excluding hydrogens is 268 g/mol. The highest BCUT2D eigenvalue weighted by Gasteiger charge is 2.19. The Morgan fingerprint density at radius 1 is 1.14 bits per heavy atom. The Morgan fingerprint density at radius 3 is 2.43 bits per heavy atom. The van der Waals surface area contributed by atoms with Gasteiger partial charge in [-0.05, 0) is 6.42 Å². The summed E-state index contributed by atoms with van der Waals surface area (Å²) >= 11 is 0. The van der Waals surface area contributed by atoms with Crippen LogP contribution in [0.25, 0.3) is 0 Å². The van der Waals surface area contributed by atoms with Crippen LogP contribution in [0.1, 0.15) is 45.8 Å². The second kappa shape index (κ2) is 6.51. The molecule has 0 aromatic carbocycles. The van der Waals surface area contributed by atoms with Crippen molar-refractivity contribution < 1.29 is 4.52 Å². The van der Waals surface area contributed by atoms with Gasteiger partial charge in [0.25, 0.3) is 0 Å². The van der Waals surface area contributed by atoms with E-state index < -0.39 is 0 Å². The first-order chi connectivity index (χ1) is 9.99. The second-order valence-electron chi connectivity index (χ2n) is 5.84. The van der Waals surface area contributed by atoms with Gasteiger partial charge in [0.1, 0.15) is 17.5 Å². The molecule has 0 fully saturated rings. The van der Waals surface area contributed by atoms with Gasteiger partial charge in [-0.25, -0.2) is 9.97 Å². The molecule has 7 nitrogen and oxygen atoms in total. The first kappa shape index (κ1) is 15.2. The third kappa shape index (κ3) is 4.40. The topological polar surface area (TPSA) is 88.8 Å². The average Bonchev–Trinajstić information content (AvgIpc) is 2.95. The van der Waals surface area contributed by atoms with Gasteiger partial charge in [-0.15, -0.1) is 0 Å². The Labute approximate surface area is 124 Å². The Kier molecular flexibility index (Phi) is 4.72. The van der Waals surface area contributed by atoms with E-state index in [-0.39, 0.29) is 5.41 Å². The number of hydrogen-bond donors (Lipinski definition) is 2. The lowest BCUT2D eigenvalue weighted by Gasteiger charge is -2.19. The van der Waals surface area contributed by atoms with E-state index in [0.717, 1.165) is 30.4 Å². The lowest BCUT2D eigenvalue weighted by atomic mass is 9.96. The summed E-state index contributed by atoms with van der Waals surface area (Å²) in [6.45, 7) is 9.74. The maximum Gasteiger partial charge on any atom is 0.213 e. The van der Waals surface area contributed by atoms with E-state index in [2.05, 4.69) is 58.4 Å². The lowest BCUT2D eigenvalue weighted by molar-refractivity contribution is 0.411. The molecule has 7 heteroatoms. The van der Waals surface area contributed by atoms with Crippen molar-refractivity contribution in [1.29, 1.82) is 0 Å². The molecule has 2 heterocycles. The van der Waals surface area contributed by atoms with Gasteiger partial charge < -0.3 is 15.2 Å². The van der Waals surface area contributed by atoms with Crippen LogP contribution in [0.5, 0.6) is 0 Å². The molecule has 0 atom stereocenters. The summed E-state index contributed by atoms with van der Waals surface area (Å²) in [5.41, 5.74) is -0.119. The maximum atomic E-state index is 4.71. The number of rotatable bonds is 6. The first-order valence-corrected chi connectivity index (χ1v) is 7.11. The molecule has 0 aliphatic rings. The third-order valence-electron chi connectivity index (χ3n) is 2.79. The van der Waals surface area contributed by atoms with Gasteiger partial charge in [0.05, 0.1) is 6.54 Å². The quantitative estimate of drug-likeness (QED) is 0.845. The van der Waals surface area contributed by atoms with E-state index in [1.807, 2.05) is 6.07 Å². The monoisotopic (exact) mass is 290 g/mol. The molecular formula is C14H22N6O. The van der Waals surface area contributed by atoms with E-state index in [1.54, 1.807) is 0 Å². The van der Waals surface area contributed by atoms with E-state index in [0.29, 0.717) is 12.4 Å². The van der Waals surface area contributed by atoms with Crippen molar-refractivity contribution in [3.05, 3.63) is 24.1 Å². The average molecular weight is 290 g/mol.